The molecule has 1 aromatic rings. The molecule has 0 radical (unpaired) electrons. The Morgan fingerprint density at radius 3 is 3.17 bits per heavy atom. The van der Waals surface area contributed by atoms with E-state index in [0.717, 1.165) is 6.54 Å². The summed E-state index contributed by atoms with van der Waals surface area (Å²) in [5, 5.41) is 18.1. The minimum Gasteiger partial charge on any atom is -0.480 e. The molecule has 1 aliphatic rings. The Hall–Kier alpha value is -1.93. The molecule has 18 heavy (non-hydrogen) atoms. The van der Waals surface area contributed by atoms with E-state index in [1.54, 1.807) is 0 Å². The fraction of sp³-hybridized carbons (Fsp3) is 0.500. The SMILES string of the molecule is O=C(O)Cn1cc(NC(=O)C2CNCCO2)cn1. The lowest BCUT2D eigenvalue weighted by atomic mass is 10.3. The Kier molecular flexibility index (Phi) is 3.90. The Bertz CT molecular complexity index is 439. The number of aromatic nitrogens is 2. The van der Waals surface area contributed by atoms with Gasteiger partial charge in [-0.15, -0.1) is 0 Å². The Balaban J connectivity index is 1.90. The number of hydrogen-bond donors (Lipinski definition) is 3. The van der Waals surface area contributed by atoms with Crippen LogP contribution < -0.4 is 10.6 Å². The molecule has 0 spiro atoms. The smallest absolute Gasteiger partial charge is 0.325 e. The average Bonchev–Trinajstić information content (AvgIpc) is 2.76. The number of carboxylic acid groups (broad SMARTS) is 1. The van der Waals surface area contributed by atoms with Crippen LogP contribution in [-0.4, -0.2) is 52.6 Å². The molecule has 8 heteroatoms. The molecule has 0 aliphatic carbocycles. The summed E-state index contributed by atoms with van der Waals surface area (Å²) in [5.41, 5.74) is 0.454. The summed E-state index contributed by atoms with van der Waals surface area (Å²) in [4.78, 5) is 22.2. The zero-order valence-electron chi connectivity index (χ0n) is 9.63. The molecule has 98 valence electrons. The Morgan fingerprint density at radius 2 is 2.50 bits per heavy atom. The van der Waals surface area contributed by atoms with Crippen molar-refractivity contribution in [1.29, 1.82) is 0 Å². The maximum Gasteiger partial charge on any atom is 0.325 e. The molecule has 0 bridgehead atoms. The first-order valence-corrected chi connectivity index (χ1v) is 5.52. The van der Waals surface area contributed by atoms with Gasteiger partial charge in [-0.25, -0.2) is 0 Å². The van der Waals surface area contributed by atoms with Crippen molar-refractivity contribution in [2.75, 3.05) is 25.0 Å². The predicted molar refractivity (Wildman–Crippen MR) is 61.1 cm³/mol. The largest absolute Gasteiger partial charge is 0.480 e. The molecule has 1 amide bonds. The van der Waals surface area contributed by atoms with Crippen LogP contribution >= 0.6 is 0 Å². The second kappa shape index (κ2) is 5.61. The molecule has 0 aromatic carbocycles. The van der Waals surface area contributed by atoms with Crippen molar-refractivity contribution >= 4 is 17.6 Å². The summed E-state index contributed by atoms with van der Waals surface area (Å²) in [6.07, 6.45) is 2.33. The van der Waals surface area contributed by atoms with Crippen LogP contribution in [0.15, 0.2) is 12.4 Å². The third-order valence-electron chi connectivity index (χ3n) is 2.42. The number of carbonyl (C=O) groups excluding carboxylic acids is 1. The number of nitrogens with zero attached hydrogens (tertiary/aromatic N) is 2. The molecule has 0 saturated carbocycles. The number of carbonyl (C=O) groups is 2. The van der Waals surface area contributed by atoms with Crippen LogP contribution in [0.4, 0.5) is 5.69 Å². The maximum absolute atomic E-state index is 11.8. The highest BCUT2D eigenvalue weighted by atomic mass is 16.5. The van der Waals surface area contributed by atoms with Crippen LogP contribution in [0.25, 0.3) is 0 Å². The van der Waals surface area contributed by atoms with Crippen molar-refractivity contribution in [3.8, 4) is 0 Å². The number of aliphatic carboxylic acids is 1. The van der Waals surface area contributed by atoms with E-state index in [1.165, 1.54) is 17.1 Å². The van der Waals surface area contributed by atoms with Gasteiger partial charge in [0.2, 0.25) is 0 Å². The fourth-order valence-electron chi connectivity index (χ4n) is 1.61. The number of rotatable bonds is 4. The number of anilines is 1. The lowest BCUT2D eigenvalue weighted by molar-refractivity contribution is -0.137. The quantitative estimate of drug-likeness (QED) is 0.629. The van der Waals surface area contributed by atoms with Crippen LogP contribution in [0.1, 0.15) is 0 Å². The molecule has 2 rings (SSSR count). The van der Waals surface area contributed by atoms with E-state index in [0.29, 0.717) is 18.8 Å². The predicted octanol–water partition coefficient (Wildman–Crippen LogP) is -1.11. The maximum atomic E-state index is 11.8. The van der Waals surface area contributed by atoms with Gasteiger partial charge in [0.25, 0.3) is 5.91 Å². The first-order chi connectivity index (χ1) is 8.65. The van der Waals surface area contributed by atoms with E-state index in [-0.39, 0.29) is 12.5 Å². The molecular formula is C10H14N4O4. The Morgan fingerprint density at radius 1 is 1.67 bits per heavy atom. The topological polar surface area (TPSA) is 105 Å². The van der Waals surface area contributed by atoms with Crippen LogP contribution in [0.5, 0.6) is 0 Å². The molecule has 1 aliphatic heterocycles. The van der Waals surface area contributed by atoms with Crippen molar-refractivity contribution in [3.05, 3.63) is 12.4 Å². The van der Waals surface area contributed by atoms with Crippen LogP contribution in [-0.2, 0) is 20.9 Å². The lowest BCUT2D eigenvalue weighted by Gasteiger charge is -2.22. The molecule has 1 fully saturated rings. The van der Waals surface area contributed by atoms with E-state index in [9.17, 15) is 9.59 Å². The molecule has 1 saturated heterocycles. The Labute approximate surface area is 103 Å². The number of amides is 1. The second-order valence-corrected chi connectivity index (χ2v) is 3.87. The number of morpholine rings is 1. The summed E-state index contributed by atoms with van der Waals surface area (Å²) in [6, 6.07) is 0. The van der Waals surface area contributed by atoms with Crippen molar-refractivity contribution in [1.82, 2.24) is 15.1 Å². The standard InChI is InChI=1S/C10H14N4O4/c15-9(16)6-14-5-7(3-12-14)13-10(17)8-4-11-1-2-18-8/h3,5,8,11H,1-2,4,6H2,(H,13,17)(H,15,16). The van der Waals surface area contributed by atoms with Gasteiger partial charge >= 0.3 is 5.97 Å². The zero-order valence-corrected chi connectivity index (χ0v) is 9.63. The number of hydrogen-bond acceptors (Lipinski definition) is 5. The second-order valence-electron chi connectivity index (χ2n) is 3.87. The van der Waals surface area contributed by atoms with Gasteiger partial charge in [0.1, 0.15) is 12.6 Å². The fourth-order valence-corrected chi connectivity index (χ4v) is 1.61. The van der Waals surface area contributed by atoms with Crippen molar-refractivity contribution < 1.29 is 19.4 Å². The van der Waals surface area contributed by atoms with Crippen molar-refractivity contribution in [2.45, 2.75) is 12.6 Å². The van der Waals surface area contributed by atoms with Crippen LogP contribution in [0.2, 0.25) is 0 Å². The highest BCUT2D eigenvalue weighted by molar-refractivity contribution is 5.94. The third-order valence-corrected chi connectivity index (χ3v) is 2.42. The highest BCUT2D eigenvalue weighted by Crippen LogP contribution is 2.07. The molecular weight excluding hydrogens is 240 g/mol. The number of ether oxygens (including phenoxy) is 1. The molecule has 1 aromatic heterocycles. The van der Waals surface area contributed by atoms with Gasteiger partial charge in [-0.1, -0.05) is 0 Å². The molecule has 2 heterocycles. The van der Waals surface area contributed by atoms with E-state index < -0.39 is 12.1 Å². The minimum absolute atomic E-state index is 0.239. The van der Waals surface area contributed by atoms with Gasteiger partial charge in [0.15, 0.2) is 0 Å². The highest BCUT2D eigenvalue weighted by Gasteiger charge is 2.22. The number of carboxylic acids is 1. The third kappa shape index (κ3) is 3.28. The van der Waals surface area contributed by atoms with Gasteiger partial charge in [-0.05, 0) is 0 Å². The van der Waals surface area contributed by atoms with Gasteiger partial charge in [0.05, 0.1) is 18.5 Å². The van der Waals surface area contributed by atoms with E-state index in [2.05, 4.69) is 15.7 Å². The van der Waals surface area contributed by atoms with Crippen molar-refractivity contribution in [2.24, 2.45) is 0 Å². The average molecular weight is 254 g/mol. The molecule has 3 N–H and O–H groups in total. The lowest BCUT2D eigenvalue weighted by Crippen LogP contribution is -2.45. The van der Waals surface area contributed by atoms with Gasteiger partial charge in [0, 0.05) is 19.3 Å². The van der Waals surface area contributed by atoms with Gasteiger partial charge < -0.3 is 20.5 Å². The summed E-state index contributed by atoms with van der Waals surface area (Å²) in [7, 11) is 0. The minimum atomic E-state index is -0.990. The normalized spacial score (nSPS) is 19.4. The monoisotopic (exact) mass is 254 g/mol. The van der Waals surface area contributed by atoms with E-state index in [1.807, 2.05) is 0 Å². The van der Waals surface area contributed by atoms with Gasteiger partial charge in [-0.2, -0.15) is 5.10 Å². The van der Waals surface area contributed by atoms with Crippen LogP contribution in [0, 0.1) is 0 Å². The summed E-state index contributed by atoms with van der Waals surface area (Å²) in [6.45, 7) is 1.46. The molecule has 1 unspecified atom stereocenters. The summed E-state index contributed by atoms with van der Waals surface area (Å²) < 4.78 is 6.52. The summed E-state index contributed by atoms with van der Waals surface area (Å²) >= 11 is 0. The van der Waals surface area contributed by atoms with Crippen LogP contribution in [0.3, 0.4) is 0 Å². The first-order valence-electron chi connectivity index (χ1n) is 5.52. The molecule has 8 nitrogen and oxygen atoms in total. The molecule has 1 atom stereocenters. The summed E-state index contributed by atoms with van der Waals surface area (Å²) in [5.74, 6) is -1.26. The first kappa shape index (κ1) is 12.5. The van der Waals surface area contributed by atoms with E-state index >= 15 is 0 Å². The van der Waals surface area contributed by atoms with E-state index in [4.69, 9.17) is 9.84 Å². The van der Waals surface area contributed by atoms with Gasteiger partial charge in [-0.3, -0.25) is 14.3 Å². The van der Waals surface area contributed by atoms with Crippen molar-refractivity contribution in [3.63, 3.8) is 0 Å². The number of nitrogens with one attached hydrogen (secondary N) is 2. The zero-order chi connectivity index (χ0) is 13.0.